The number of rotatable bonds is 7. The van der Waals surface area contributed by atoms with Gasteiger partial charge < -0.3 is 15.2 Å². The molecule has 0 saturated carbocycles. The lowest BCUT2D eigenvalue weighted by Gasteiger charge is -2.01. The van der Waals surface area contributed by atoms with Crippen LogP contribution >= 0.6 is 0 Å². The Morgan fingerprint density at radius 1 is 1.58 bits per heavy atom. The summed E-state index contributed by atoms with van der Waals surface area (Å²) in [5.74, 6) is 0. The molecule has 0 saturated heterocycles. The van der Waals surface area contributed by atoms with Crippen LogP contribution in [-0.4, -0.2) is 38.0 Å². The van der Waals surface area contributed by atoms with Crippen molar-refractivity contribution in [1.29, 1.82) is 0 Å². The van der Waals surface area contributed by atoms with Crippen molar-refractivity contribution in [3.8, 4) is 0 Å². The molecule has 0 aromatic heterocycles. The fourth-order valence-corrected chi connectivity index (χ4v) is 0.702. The second kappa shape index (κ2) is 8.71. The van der Waals surface area contributed by atoms with Gasteiger partial charge in [0.15, 0.2) is 0 Å². The Morgan fingerprint density at radius 3 is 2.92 bits per heavy atom. The second-order valence-electron chi connectivity index (χ2n) is 2.61. The van der Waals surface area contributed by atoms with Crippen LogP contribution in [0.5, 0.6) is 0 Å². The molecule has 0 rings (SSSR count). The average Bonchev–Trinajstić information content (AvgIpc) is 2.10. The van der Waals surface area contributed by atoms with Gasteiger partial charge in [-0.1, -0.05) is 11.6 Å². The number of aliphatic hydroxyl groups excluding tert-OH is 1. The smallest absolute Gasteiger partial charge is 0.0639 e. The van der Waals surface area contributed by atoms with Crippen LogP contribution in [0, 0.1) is 0 Å². The van der Waals surface area contributed by atoms with Gasteiger partial charge in [-0.05, 0) is 13.8 Å². The summed E-state index contributed by atoms with van der Waals surface area (Å²) in [6, 6.07) is 0. The standard InChI is InChI=1S/C9H19NO2/c1-3-12-7-6-10-5-4-9(2)8-11/h4,10-11H,3,5-8H2,1-2H3/b9-4+. The zero-order valence-electron chi connectivity index (χ0n) is 7.97. The summed E-state index contributed by atoms with van der Waals surface area (Å²) >= 11 is 0. The van der Waals surface area contributed by atoms with Gasteiger partial charge in [0.25, 0.3) is 0 Å². The van der Waals surface area contributed by atoms with E-state index in [-0.39, 0.29) is 6.61 Å². The van der Waals surface area contributed by atoms with E-state index >= 15 is 0 Å². The highest BCUT2D eigenvalue weighted by molar-refractivity contribution is 4.98. The predicted octanol–water partition coefficient (Wildman–Crippen LogP) is 0.551. The molecule has 0 atom stereocenters. The maximum atomic E-state index is 8.65. The van der Waals surface area contributed by atoms with Gasteiger partial charge in [0.05, 0.1) is 13.2 Å². The molecular formula is C9H19NO2. The average molecular weight is 173 g/mol. The number of hydrogen-bond donors (Lipinski definition) is 2. The van der Waals surface area contributed by atoms with E-state index in [1.165, 1.54) is 0 Å². The third-order valence-corrected chi connectivity index (χ3v) is 1.47. The van der Waals surface area contributed by atoms with Gasteiger partial charge in [-0.15, -0.1) is 0 Å². The Labute approximate surface area is 74.4 Å². The summed E-state index contributed by atoms with van der Waals surface area (Å²) in [6.45, 7) is 7.23. The molecule has 2 N–H and O–H groups in total. The quantitative estimate of drug-likeness (QED) is 0.436. The van der Waals surface area contributed by atoms with E-state index in [2.05, 4.69) is 5.32 Å². The minimum atomic E-state index is 0.146. The normalized spacial score (nSPS) is 12.1. The third kappa shape index (κ3) is 7.72. The van der Waals surface area contributed by atoms with Gasteiger partial charge in [-0.25, -0.2) is 0 Å². The highest BCUT2D eigenvalue weighted by Crippen LogP contribution is 1.86. The van der Waals surface area contributed by atoms with E-state index in [0.29, 0.717) is 0 Å². The molecule has 0 spiro atoms. The number of hydrogen-bond acceptors (Lipinski definition) is 3. The molecule has 0 fully saturated rings. The lowest BCUT2D eigenvalue weighted by molar-refractivity contribution is 0.150. The van der Waals surface area contributed by atoms with Crippen molar-refractivity contribution in [2.24, 2.45) is 0 Å². The van der Waals surface area contributed by atoms with E-state index in [0.717, 1.165) is 31.9 Å². The van der Waals surface area contributed by atoms with E-state index in [1.54, 1.807) is 0 Å². The molecule has 3 heteroatoms. The molecule has 0 aliphatic carbocycles. The fourth-order valence-electron chi connectivity index (χ4n) is 0.702. The topological polar surface area (TPSA) is 41.5 Å². The van der Waals surface area contributed by atoms with Crippen molar-refractivity contribution < 1.29 is 9.84 Å². The first kappa shape index (κ1) is 11.6. The summed E-state index contributed by atoms with van der Waals surface area (Å²) < 4.78 is 5.13. The second-order valence-corrected chi connectivity index (χ2v) is 2.61. The molecule has 0 bridgehead atoms. The molecule has 0 amide bonds. The first-order valence-electron chi connectivity index (χ1n) is 4.36. The van der Waals surface area contributed by atoms with Gasteiger partial charge in [-0.2, -0.15) is 0 Å². The first-order valence-corrected chi connectivity index (χ1v) is 4.36. The molecular weight excluding hydrogens is 154 g/mol. The SMILES string of the molecule is CCOCCNC/C=C(\C)CO. The largest absolute Gasteiger partial charge is 0.392 e. The van der Waals surface area contributed by atoms with E-state index in [4.69, 9.17) is 9.84 Å². The molecule has 0 aromatic rings. The maximum absolute atomic E-state index is 8.65. The van der Waals surface area contributed by atoms with E-state index in [9.17, 15) is 0 Å². The van der Waals surface area contributed by atoms with Gasteiger partial charge in [0, 0.05) is 19.7 Å². The third-order valence-electron chi connectivity index (χ3n) is 1.47. The number of ether oxygens (including phenoxy) is 1. The summed E-state index contributed by atoms with van der Waals surface area (Å²) in [7, 11) is 0. The van der Waals surface area contributed by atoms with Crippen LogP contribution in [0.25, 0.3) is 0 Å². The Bertz CT molecular complexity index is 124. The lowest BCUT2D eigenvalue weighted by atomic mass is 10.3. The molecule has 0 radical (unpaired) electrons. The number of nitrogens with one attached hydrogen (secondary N) is 1. The van der Waals surface area contributed by atoms with Crippen LogP contribution in [0.3, 0.4) is 0 Å². The lowest BCUT2D eigenvalue weighted by Crippen LogP contribution is -2.19. The molecule has 0 aliphatic heterocycles. The van der Waals surface area contributed by atoms with Crippen LogP contribution in [-0.2, 0) is 4.74 Å². The Balaban J connectivity index is 3.10. The minimum absolute atomic E-state index is 0.146. The van der Waals surface area contributed by atoms with Crippen molar-refractivity contribution in [3.63, 3.8) is 0 Å². The molecule has 12 heavy (non-hydrogen) atoms. The monoisotopic (exact) mass is 173 g/mol. The van der Waals surface area contributed by atoms with Gasteiger partial charge >= 0.3 is 0 Å². The Morgan fingerprint density at radius 2 is 2.33 bits per heavy atom. The van der Waals surface area contributed by atoms with Crippen molar-refractivity contribution in [1.82, 2.24) is 5.32 Å². The zero-order chi connectivity index (χ0) is 9.23. The summed E-state index contributed by atoms with van der Waals surface area (Å²) in [5.41, 5.74) is 0.999. The highest BCUT2D eigenvalue weighted by Gasteiger charge is 1.86. The van der Waals surface area contributed by atoms with Gasteiger partial charge in [0.2, 0.25) is 0 Å². The maximum Gasteiger partial charge on any atom is 0.0639 e. The molecule has 72 valence electrons. The van der Waals surface area contributed by atoms with Gasteiger partial charge in [0.1, 0.15) is 0 Å². The van der Waals surface area contributed by atoms with Crippen molar-refractivity contribution >= 4 is 0 Å². The molecule has 0 heterocycles. The molecule has 0 aliphatic rings. The van der Waals surface area contributed by atoms with Crippen LogP contribution in [0.1, 0.15) is 13.8 Å². The van der Waals surface area contributed by atoms with Crippen molar-refractivity contribution in [2.45, 2.75) is 13.8 Å². The van der Waals surface area contributed by atoms with Crippen LogP contribution in [0.15, 0.2) is 11.6 Å². The van der Waals surface area contributed by atoms with E-state index in [1.807, 2.05) is 19.9 Å². The molecule has 0 aromatic carbocycles. The van der Waals surface area contributed by atoms with Crippen LogP contribution < -0.4 is 5.32 Å². The minimum Gasteiger partial charge on any atom is -0.392 e. The van der Waals surface area contributed by atoms with Gasteiger partial charge in [-0.3, -0.25) is 0 Å². The van der Waals surface area contributed by atoms with Crippen LogP contribution in [0.2, 0.25) is 0 Å². The summed E-state index contributed by atoms with van der Waals surface area (Å²) in [4.78, 5) is 0. The summed E-state index contributed by atoms with van der Waals surface area (Å²) in [6.07, 6.45) is 1.98. The van der Waals surface area contributed by atoms with E-state index < -0.39 is 0 Å². The molecule has 3 nitrogen and oxygen atoms in total. The first-order chi connectivity index (χ1) is 5.81. The zero-order valence-corrected chi connectivity index (χ0v) is 7.97. The fraction of sp³-hybridized carbons (Fsp3) is 0.778. The Kier molecular flexibility index (Phi) is 8.44. The Hall–Kier alpha value is -0.380. The highest BCUT2D eigenvalue weighted by atomic mass is 16.5. The molecule has 0 unspecified atom stereocenters. The number of aliphatic hydroxyl groups is 1. The van der Waals surface area contributed by atoms with Crippen molar-refractivity contribution in [3.05, 3.63) is 11.6 Å². The summed E-state index contributed by atoms with van der Waals surface area (Å²) in [5, 5.41) is 11.8. The van der Waals surface area contributed by atoms with Crippen LogP contribution in [0.4, 0.5) is 0 Å². The predicted molar refractivity (Wildman–Crippen MR) is 50.2 cm³/mol. The van der Waals surface area contributed by atoms with Crippen molar-refractivity contribution in [2.75, 3.05) is 32.9 Å².